The van der Waals surface area contributed by atoms with Crippen molar-refractivity contribution >= 4 is 11.5 Å². The van der Waals surface area contributed by atoms with Crippen LogP contribution in [-0.4, -0.2) is 26.0 Å². The van der Waals surface area contributed by atoms with E-state index in [4.69, 9.17) is 4.74 Å². The van der Waals surface area contributed by atoms with Gasteiger partial charge in [0.2, 0.25) is 0 Å². The molecule has 1 fully saturated rings. The molecule has 0 spiro atoms. The van der Waals surface area contributed by atoms with Crippen LogP contribution in [0.2, 0.25) is 0 Å². The van der Waals surface area contributed by atoms with E-state index in [-0.39, 0.29) is 17.5 Å². The van der Waals surface area contributed by atoms with Crippen LogP contribution in [0.15, 0.2) is 18.2 Å². The second-order valence-corrected chi connectivity index (χ2v) is 4.38. The Balaban J connectivity index is 2.24. The van der Waals surface area contributed by atoms with Crippen molar-refractivity contribution in [1.29, 1.82) is 0 Å². The molecule has 3 nitrogen and oxygen atoms in total. The van der Waals surface area contributed by atoms with Crippen molar-refractivity contribution in [3.8, 4) is 5.75 Å². The number of ketones is 1. The Bertz CT molecular complexity index is 433. The Labute approximate surface area is 100 Å². The van der Waals surface area contributed by atoms with Crippen LogP contribution in [0.1, 0.15) is 13.3 Å². The molecule has 17 heavy (non-hydrogen) atoms. The van der Waals surface area contributed by atoms with E-state index in [1.54, 1.807) is 19.2 Å². The molecule has 4 heteroatoms. The van der Waals surface area contributed by atoms with E-state index in [0.29, 0.717) is 30.9 Å². The molecule has 0 N–H and O–H groups in total. The van der Waals surface area contributed by atoms with Gasteiger partial charge in [0.15, 0.2) is 0 Å². The Morgan fingerprint density at radius 1 is 1.47 bits per heavy atom. The maximum atomic E-state index is 13.7. The molecule has 1 heterocycles. The van der Waals surface area contributed by atoms with Gasteiger partial charge in [-0.05, 0) is 12.1 Å². The summed E-state index contributed by atoms with van der Waals surface area (Å²) in [5, 5.41) is 0. The Morgan fingerprint density at radius 3 is 2.88 bits per heavy atom. The van der Waals surface area contributed by atoms with Gasteiger partial charge in [0.05, 0.1) is 12.8 Å². The van der Waals surface area contributed by atoms with Crippen LogP contribution < -0.4 is 9.64 Å². The molecule has 0 bridgehead atoms. The number of hydrogen-bond acceptors (Lipinski definition) is 3. The molecule has 1 saturated heterocycles. The number of methoxy groups -OCH3 is 1. The summed E-state index contributed by atoms with van der Waals surface area (Å²) in [5.41, 5.74) is 0.517. The molecule has 1 aromatic carbocycles. The number of piperidine rings is 1. The molecule has 0 saturated carbocycles. The number of carbonyl (C=O) groups excluding carboxylic acids is 1. The Kier molecular flexibility index (Phi) is 3.31. The molecule has 2 rings (SSSR count). The van der Waals surface area contributed by atoms with E-state index in [2.05, 4.69) is 0 Å². The Hall–Kier alpha value is -1.58. The maximum Gasteiger partial charge on any atom is 0.146 e. The monoisotopic (exact) mass is 237 g/mol. The molecule has 1 atom stereocenters. The predicted octanol–water partition coefficient (Wildman–Crippen LogP) is 2.25. The fourth-order valence-electron chi connectivity index (χ4n) is 2.10. The van der Waals surface area contributed by atoms with Crippen molar-refractivity contribution in [3.63, 3.8) is 0 Å². The number of anilines is 1. The van der Waals surface area contributed by atoms with Gasteiger partial charge in [-0.2, -0.15) is 0 Å². The van der Waals surface area contributed by atoms with Crippen LogP contribution in [0.5, 0.6) is 5.75 Å². The summed E-state index contributed by atoms with van der Waals surface area (Å²) in [4.78, 5) is 13.3. The zero-order valence-electron chi connectivity index (χ0n) is 10.1. The first-order valence-corrected chi connectivity index (χ1v) is 5.73. The summed E-state index contributed by atoms with van der Waals surface area (Å²) in [6, 6.07) is 4.67. The fourth-order valence-corrected chi connectivity index (χ4v) is 2.10. The third kappa shape index (κ3) is 2.40. The first-order chi connectivity index (χ1) is 8.11. The van der Waals surface area contributed by atoms with E-state index in [9.17, 15) is 9.18 Å². The highest BCUT2D eigenvalue weighted by molar-refractivity contribution is 5.83. The standard InChI is InChI=1S/C13H16FNO2/c1-9-8-15(6-5-13(9)16)12-7-10(17-2)3-4-11(12)14/h3-4,7,9H,5-6,8H2,1-2H3. The average molecular weight is 237 g/mol. The van der Waals surface area contributed by atoms with Gasteiger partial charge in [-0.25, -0.2) is 4.39 Å². The molecular weight excluding hydrogens is 221 g/mol. The van der Waals surface area contributed by atoms with Gasteiger partial charge in [0.1, 0.15) is 17.3 Å². The highest BCUT2D eigenvalue weighted by atomic mass is 19.1. The van der Waals surface area contributed by atoms with Crippen molar-refractivity contribution < 1.29 is 13.9 Å². The molecular formula is C13H16FNO2. The number of ether oxygens (including phenoxy) is 1. The van der Waals surface area contributed by atoms with Crippen molar-refractivity contribution in [3.05, 3.63) is 24.0 Å². The zero-order chi connectivity index (χ0) is 12.4. The maximum absolute atomic E-state index is 13.7. The number of carbonyl (C=O) groups is 1. The minimum atomic E-state index is -0.271. The molecule has 1 unspecified atom stereocenters. The van der Waals surface area contributed by atoms with Gasteiger partial charge < -0.3 is 9.64 Å². The summed E-state index contributed by atoms with van der Waals surface area (Å²) in [6.45, 7) is 3.03. The summed E-state index contributed by atoms with van der Waals surface area (Å²) in [5.74, 6) is 0.581. The van der Waals surface area contributed by atoms with Gasteiger partial charge in [0.25, 0.3) is 0 Å². The molecule has 1 aromatic rings. The van der Waals surface area contributed by atoms with E-state index < -0.39 is 0 Å². The Morgan fingerprint density at radius 2 is 2.24 bits per heavy atom. The van der Waals surface area contributed by atoms with Crippen molar-refractivity contribution in [2.75, 3.05) is 25.1 Å². The van der Waals surface area contributed by atoms with Gasteiger partial charge in [-0.1, -0.05) is 6.92 Å². The smallest absolute Gasteiger partial charge is 0.146 e. The quantitative estimate of drug-likeness (QED) is 0.790. The van der Waals surface area contributed by atoms with Gasteiger partial charge >= 0.3 is 0 Å². The predicted molar refractivity (Wildman–Crippen MR) is 64.0 cm³/mol. The fraction of sp³-hybridized carbons (Fsp3) is 0.462. The van der Waals surface area contributed by atoms with Crippen LogP contribution in [-0.2, 0) is 4.79 Å². The van der Waals surface area contributed by atoms with E-state index in [1.165, 1.54) is 6.07 Å². The van der Waals surface area contributed by atoms with Gasteiger partial charge in [0, 0.05) is 31.5 Å². The van der Waals surface area contributed by atoms with E-state index in [0.717, 1.165) is 0 Å². The first kappa shape index (κ1) is 11.9. The second-order valence-electron chi connectivity index (χ2n) is 4.38. The largest absolute Gasteiger partial charge is 0.497 e. The number of benzene rings is 1. The highest BCUT2D eigenvalue weighted by Crippen LogP contribution is 2.27. The van der Waals surface area contributed by atoms with Crippen LogP contribution in [0.3, 0.4) is 0 Å². The van der Waals surface area contributed by atoms with Gasteiger partial charge in [-0.3, -0.25) is 4.79 Å². The van der Waals surface area contributed by atoms with E-state index in [1.807, 2.05) is 11.8 Å². The second kappa shape index (κ2) is 4.73. The lowest BCUT2D eigenvalue weighted by molar-refractivity contribution is -0.122. The van der Waals surface area contributed by atoms with Crippen LogP contribution in [0.4, 0.5) is 10.1 Å². The zero-order valence-corrected chi connectivity index (χ0v) is 10.1. The SMILES string of the molecule is COc1ccc(F)c(N2CCC(=O)C(C)C2)c1. The van der Waals surface area contributed by atoms with Crippen molar-refractivity contribution in [2.24, 2.45) is 5.92 Å². The normalized spacial score (nSPS) is 20.5. The number of halogens is 1. The minimum Gasteiger partial charge on any atom is -0.497 e. The average Bonchev–Trinajstić information content (AvgIpc) is 2.33. The minimum absolute atomic E-state index is 0.0330. The van der Waals surface area contributed by atoms with Crippen molar-refractivity contribution in [2.45, 2.75) is 13.3 Å². The summed E-state index contributed by atoms with van der Waals surface area (Å²) >= 11 is 0. The number of nitrogens with zero attached hydrogens (tertiary/aromatic N) is 1. The van der Waals surface area contributed by atoms with Crippen LogP contribution in [0, 0.1) is 11.7 Å². The summed E-state index contributed by atoms with van der Waals surface area (Å²) < 4.78 is 18.8. The molecule has 0 aliphatic carbocycles. The van der Waals surface area contributed by atoms with Crippen molar-refractivity contribution in [1.82, 2.24) is 0 Å². The topological polar surface area (TPSA) is 29.5 Å². The molecule has 92 valence electrons. The third-order valence-electron chi connectivity index (χ3n) is 3.17. The highest BCUT2D eigenvalue weighted by Gasteiger charge is 2.25. The van der Waals surface area contributed by atoms with E-state index >= 15 is 0 Å². The lowest BCUT2D eigenvalue weighted by Gasteiger charge is -2.32. The van der Waals surface area contributed by atoms with Gasteiger partial charge in [-0.15, -0.1) is 0 Å². The summed E-state index contributed by atoms with van der Waals surface area (Å²) in [6.07, 6.45) is 0.484. The number of rotatable bonds is 2. The lowest BCUT2D eigenvalue weighted by Crippen LogP contribution is -2.40. The molecule has 0 radical (unpaired) electrons. The molecule has 0 amide bonds. The molecule has 1 aliphatic rings. The van der Waals surface area contributed by atoms with Crippen LogP contribution in [0.25, 0.3) is 0 Å². The lowest BCUT2D eigenvalue weighted by atomic mass is 9.98. The first-order valence-electron chi connectivity index (χ1n) is 5.73. The molecule has 1 aliphatic heterocycles. The number of hydrogen-bond donors (Lipinski definition) is 0. The third-order valence-corrected chi connectivity index (χ3v) is 3.17. The number of Topliss-reactive ketones (excluding diaryl/α,β-unsaturated/α-hetero) is 1. The van der Waals surface area contributed by atoms with Crippen LogP contribution >= 0.6 is 0 Å². The molecule has 0 aromatic heterocycles. The summed E-state index contributed by atoms with van der Waals surface area (Å²) in [7, 11) is 1.55.